The second-order valence-corrected chi connectivity index (χ2v) is 8.19. The summed E-state index contributed by atoms with van der Waals surface area (Å²) in [5, 5.41) is 17.2. The lowest BCUT2D eigenvalue weighted by molar-refractivity contribution is -0.384. The number of nitro groups is 1. The van der Waals surface area contributed by atoms with Gasteiger partial charge in [-0.05, 0) is 17.7 Å². The molecule has 0 unspecified atom stereocenters. The van der Waals surface area contributed by atoms with E-state index in [0.717, 1.165) is 31.8 Å². The van der Waals surface area contributed by atoms with Crippen molar-refractivity contribution in [1.29, 1.82) is 0 Å². The summed E-state index contributed by atoms with van der Waals surface area (Å²) in [5.74, 6) is 0.680. The Morgan fingerprint density at radius 1 is 0.931 bits per heavy atom. The fraction of sp³-hybridized carbons (Fsp3) is 0.0455. The highest BCUT2D eigenvalue weighted by molar-refractivity contribution is 7.98. The third-order valence-electron chi connectivity index (χ3n) is 4.17. The number of rotatable bonds is 7. The Bertz CT molecular complexity index is 1100. The van der Waals surface area contributed by atoms with Gasteiger partial charge in [-0.25, -0.2) is 4.98 Å². The number of hydrogen-bond donors (Lipinski definition) is 1. The highest BCUT2D eigenvalue weighted by atomic mass is 32.2. The van der Waals surface area contributed by atoms with Gasteiger partial charge in [0, 0.05) is 29.1 Å². The van der Waals surface area contributed by atoms with Gasteiger partial charge in [-0.2, -0.15) is 0 Å². The van der Waals surface area contributed by atoms with E-state index >= 15 is 0 Å². The number of aromatic nitrogens is 1. The Morgan fingerprint density at radius 3 is 2.24 bits per heavy atom. The van der Waals surface area contributed by atoms with Gasteiger partial charge >= 0.3 is 0 Å². The minimum atomic E-state index is -0.384. The summed E-state index contributed by atoms with van der Waals surface area (Å²) >= 11 is 3.23. The number of para-hydroxylation sites is 1. The molecule has 0 saturated carbocycles. The van der Waals surface area contributed by atoms with E-state index in [0.29, 0.717) is 5.75 Å². The molecule has 0 bridgehead atoms. The first kappa shape index (κ1) is 19.2. The van der Waals surface area contributed by atoms with Crippen LogP contribution in [-0.4, -0.2) is 9.91 Å². The first-order valence-corrected chi connectivity index (χ1v) is 10.7. The van der Waals surface area contributed by atoms with Crippen molar-refractivity contribution in [2.45, 2.75) is 10.8 Å². The molecule has 0 radical (unpaired) electrons. The van der Waals surface area contributed by atoms with E-state index in [1.54, 1.807) is 35.2 Å². The molecule has 5 nitrogen and oxygen atoms in total. The predicted octanol–water partition coefficient (Wildman–Crippen LogP) is 6.75. The second kappa shape index (κ2) is 8.89. The SMILES string of the molecule is O=[N+]([O-])c1ccc(CSc2nc(-c3ccccc3)sc2Nc2ccccc2)cc1. The minimum absolute atomic E-state index is 0.102. The monoisotopic (exact) mass is 419 g/mol. The average molecular weight is 420 g/mol. The largest absolute Gasteiger partial charge is 0.345 e. The fourth-order valence-electron chi connectivity index (χ4n) is 2.71. The van der Waals surface area contributed by atoms with Gasteiger partial charge in [0.1, 0.15) is 15.0 Å². The van der Waals surface area contributed by atoms with E-state index in [4.69, 9.17) is 4.98 Å². The molecule has 0 spiro atoms. The van der Waals surface area contributed by atoms with Crippen LogP contribution in [0.4, 0.5) is 16.4 Å². The van der Waals surface area contributed by atoms with Crippen LogP contribution in [0.1, 0.15) is 5.56 Å². The molecule has 3 aromatic carbocycles. The Balaban J connectivity index is 1.58. The molecule has 0 aliphatic rings. The predicted molar refractivity (Wildman–Crippen MR) is 120 cm³/mol. The number of nitro benzene ring substituents is 1. The normalized spacial score (nSPS) is 10.6. The molecule has 7 heteroatoms. The molecule has 0 aliphatic heterocycles. The van der Waals surface area contributed by atoms with Gasteiger partial charge < -0.3 is 5.32 Å². The molecule has 0 saturated heterocycles. The van der Waals surface area contributed by atoms with Gasteiger partial charge in [0.25, 0.3) is 5.69 Å². The second-order valence-electron chi connectivity index (χ2n) is 6.22. The Labute approximate surface area is 176 Å². The highest BCUT2D eigenvalue weighted by Crippen LogP contribution is 2.40. The van der Waals surface area contributed by atoms with Crippen molar-refractivity contribution in [2.24, 2.45) is 0 Å². The molecule has 0 aliphatic carbocycles. The van der Waals surface area contributed by atoms with Crippen LogP contribution in [0.15, 0.2) is 90.0 Å². The van der Waals surface area contributed by atoms with Crippen LogP contribution < -0.4 is 5.32 Å². The van der Waals surface area contributed by atoms with E-state index in [1.165, 1.54) is 12.1 Å². The quantitative estimate of drug-likeness (QED) is 0.204. The van der Waals surface area contributed by atoms with Crippen molar-refractivity contribution in [2.75, 3.05) is 5.32 Å². The lowest BCUT2D eigenvalue weighted by Gasteiger charge is -2.06. The van der Waals surface area contributed by atoms with Crippen LogP contribution >= 0.6 is 23.1 Å². The van der Waals surface area contributed by atoms with Gasteiger partial charge in [-0.15, -0.1) is 0 Å². The van der Waals surface area contributed by atoms with Crippen molar-refractivity contribution in [3.8, 4) is 10.6 Å². The summed E-state index contributed by atoms with van der Waals surface area (Å²) in [6.07, 6.45) is 0. The molecule has 4 aromatic rings. The molecule has 4 rings (SSSR count). The topological polar surface area (TPSA) is 68.1 Å². The summed E-state index contributed by atoms with van der Waals surface area (Å²) < 4.78 is 0. The van der Waals surface area contributed by atoms with Crippen molar-refractivity contribution in [3.05, 3.63) is 101 Å². The van der Waals surface area contributed by atoms with Crippen LogP contribution in [0.5, 0.6) is 0 Å². The van der Waals surface area contributed by atoms with E-state index in [9.17, 15) is 10.1 Å². The summed E-state index contributed by atoms with van der Waals surface area (Å²) in [6.45, 7) is 0. The Kier molecular flexibility index (Phi) is 5.88. The molecular formula is C22H17N3O2S2. The van der Waals surface area contributed by atoms with Gasteiger partial charge in [-0.1, -0.05) is 83.8 Å². The number of anilines is 2. The van der Waals surface area contributed by atoms with Crippen LogP contribution in [-0.2, 0) is 5.75 Å². The molecule has 1 N–H and O–H groups in total. The van der Waals surface area contributed by atoms with Crippen molar-refractivity contribution in [3.63, 3.8) is 0 Å². The highest BCUT2D eigenvalue weighted by Gasteiger charge is 2.14. The third kappa shape index (κ3) is 4.82. The number of nitrogens with zero attached hydrogens (tertiary/aromatic N) is 2. The molecule has 1 heterocycles. The Morgan fingerprint density at radius 2 is 1.59 bits per heavy atom. The van der Waals surface area contributed by atoms with Gasteiger partial charge in [-0.3, -0.25) is 10.1 Å². The lowest BCUT2D eigenvalue weighted by Crippen LogP contribution is -1.90. The van der Waals surface area contributed by atoms with Crippen molar-refractivity contribution in [1.82, 2.24) is 4.98 Å². The smallest absolute Gasteiger partial charge is 0.269 e. The van der Waals surface area contributed by atoms with E-state index in [-0.39, 0.29) is 10.6 Å². The number of hydrogen-bond acceptors (Lipinski definition) is 6. The molecular weight excluding hydrogens is 402 g/mol. The van der Waals surface area contributed by atoms with Crippen LogP contribution in [0, 0.1) is 10.1 Å². The first-order valence-electron chi connectivity index (χ1n) is 8.93. The molecule has 1 aromatic heterocycles. The number of benzene rings is 3. The third-order valence-corrected chi connectivity index (χ3v) is 6.37. The number of nitrogens with one attached hydrogen (secondary N) is 1. The van der Waals surface area contributed by atoms with E-state index in [1.807, 2.05) is 48.5 Å². The van der Waals surface area contributed by atoms with Crippen LogP contribution in [0.2, 0.25) is 0 Å². The fourth-order valence-corrected chi connectivity index (χ4v) is 4.78. The minimum Gasteiger partial charge on any atom is -0.345 e. The van der Waals surface area contributed by atoms with Gasteiger partial charge in [0.15, 0.2) is 0 Å². The number of thiazole rings is 1. The standard InChI is InChI=1S/C22H17N3O2S2/c26-25(27)19-13-11-16(12-14-19)15-28-21-22(23-18-9-5-2-6-10-18)29-20(24-21)17-7-3-1-4-8-17/h1-14,23H,15H2. The summed E-state index contributed by atoms with van der Waals surface area (Å²) in [7, 11) is 0. The van der Waals surface area contributed by atoms with E-state index in [2.05, 4.69) is 17.4 Å². The summed E-state index contributed by atoms with van der Waals surface area (Å²) in [5.41, 5.74) is 3.20. The maximum atomic E-state index is 10.8. The number of non-ortho nitro benzene ring substituents is 1. The molecule has 0 amide bonds. The summed E-state index contributed by atoms with van der Waals surface area (Å²) in [4.78, 5) is 15.3. The first-order chi connectivity index (χ1) is 14.2. The molecule has 0 fully saturated rings. The maximum absolute atomic E-state index is 10.8. The van der Waals surface area contributed by atoms with Gasteiger partial charge in [0.2, 0.25) is 0 Å². The molecule has 29 heavy (non-hydrogen) atoms. The molecule has 0 atom stereocenters. The summed E-state index contributed by atoms with van der Waals surface area (Å²) in [6, 6.07) is 26.8. The average Bonchev–Trinajstić information content (AvgIpc) is 3.16. The van der Waals surface area contributed by atoms with Gasteiger partial charge in [0.05, 0.1) is 4.92 Å². The maximum Gasteiger partial charge on any atom is 0.269 e. The zero-order valence-electron chi connectivity index (χ0n) is 15.3. The Hall–Kier alpha value is -3.16. The molecule has 144 valence electrons. The van der Waals surface area contributed by atoms with Crippen molar-refractivity contribution < 1.29 is 4.92 Å². The van der Waals surface area contributed by atoms with E-state index < -0.39 is 0 Å². The lowest BCUT2D eigenvalue weighted by atomic mass is 10.2. The zero-order chi connectivity index (χ0) is 20.1. The van der Waals surface area contributed by atoms with Crippen molar-refractivity contribution >= 4 is 39.5 Å². The van der Waals surface area contributed by atoms with Crippen LogP contribution in [0.3, 0.4) is 0 Å². The van der Waals surface area contributed by atoms with Crippen LogP contribution in [0.25, 0.3) is 10.6 Å². The zero-order valence-corrected chi connectivity index (χ0v) is 17.0. The number of thioether (sulfide) groups is 1.